The summed E-state index contributed by atoms with van der Waals surface area (Å²) in [6.45, 7) is 16.2. The van der Waals surface area contributed by atoms with Crippen LogP contribution in [0.1, 0.15) is 48.7 Å². The van der Waals surface area contributed by atoms with Crippen molar-refractivity contribution in [3.63, 3.8) is 0 Å². The van der Waals surface area contributed by atoms with Crippen LogP contribution in [-0.4, -0.2) is 40.8 Å². The lowest BCUT2D eigenvalue weighted by molar-refractivity contribution is 0.252. The minimum absolute atomic E-state index is 0.0370. The monoisotopic (exact) mass is 449 g/mol. The molecule has 2 aromatic rings. The summed E-state index contributed by atoms with van der Waals surface area (Å²) in [5, 5.41) is 19.5. The molecule has 1 unspecified atom stereocenters. The number of nitrogens with one attached hydrogen (secondary N) is 3. The summed E-state index contributed by atoms with van der Waals surface area (Å²) in [6.07, 6.45) is 8.99. The Morgan fingerprint density at radius 3 is 2.67 bits per heavy atom. The van der Waals surface area contributed by atoms with Crippen molar-refractivity contribution in [2.75, 3.05) is 25.0 Å². The molecule has 3 rings (SSSR count). The second-order valence-electron chi connectivity index (χ2n) is 8.31. The van der Waals surface area contributed by atoms with Crippen molar-refractivity contribution >= 4 is 5.95 Å². The Bertz CT molecular complexity index is 961. The first kappa shape index (κ1) is 26.3. The number of nitrogens with zero attached hydrogens (tertiary/aromatic N) is 2. The summed E-state index contributed by atoms with van der Waals surface area (Å²) in [6, 6.07) is 8.49. The number of hydrogen-bond acceptors (Lipinski definition) is 6. The van der Waals surface area contributed by atoms with Crippen molar-refractivity contribution in [3.8, 4) is 0 Å². The van der Waals surface area contributed by atoms with E-state index in [2.05, 4.69) is 38.6 Å². The van der Waals surface area contributed by atoms with Gasteiger partial charge in [-0.15, -0.1) is 0 Å². The topological polar surface area (TPSA) is 82.1 Å². The number of hydrogen-bond donors (Lipinski definition) is 4. The van der Waals surface area contributed by atoms with Gasteiger partial charge in [0.05, 0.1) is 12.6 Å². The van der Waals surface area contributed by atoms with Crippen molar-refractivity contribution in [3.05, 3.63) is 88.9 Å². The highest BCUT2D eigenvalue weighted by Gasteiger charge is 2.15. The highest BCUT2D eigenvalue weighted by Crippen LogP contribution is 2.18. The molecule has 1 aliphatic rings. The third-order valence-electron chi connectivity index (χ3n) is 5.60. The molecule has 0 spiro atoms. The first-order valence-electron chi connectivity index (χ1n) is 11.6. The van der Waals surface area contributed by atoms with E-state index in [1.807, 2.05) is 77.2 Å². The fourth-order valence-electron chi connectivity index (χ4n) is 3.52. The molecule has 1 fully saturated rings. The summed E-state index contributed by atoms with van der Waals surface area (Å²) in [4.78, 5) is 8.64. The van der Waals surface area contributed by atoms with Gasteiger partial charge in [0.2, 0.25) is 5.95 Å². The standard InChI is InChI=1S/C17H23NO.C10H16N4/c1-5-8-15(6-2)14(4)18-17(12-19)16-10-7-9-13(3)11-16;1-7-5-12-10(13-8(7)2)14-9-3-4-11-6-9/h5-11,17-19H,4,12H2,1-3H3;5,9,11H,3-4,6H2,1-2H3,(H,12,13,14)/b8-5-,15-6+;/t17-;/m1./s1. The quantitative estimate of drug-likeness (QED) is 0.444. The number of anilines is 1. The highest BCUT2D eigenvalue weighted by atomic mass is 16.3. The van der Waals surface area contributed by atoms with Crippen molar-refractivity contribution < 1.29 is 5.11 Å². The molecule has 0 amide bonds. The smallest absolute Gasteiger partial charge is 0.223 e. The second kappa shape index (κ2) is 13.6. The van der Waals surface area contributed by atoms with Crippen LogP contribution in [0, 0.1) is 20.8 Å². The van der Waals surface area contributed by atoms with Crippen LogP contribution in [0.5, 0.6) is 0 Å². The van der Waals surface area contributed by atoms with Crippen LogP contribution in [0.2, 0.25) is 0 Å². The Kier molecular flexibility index (Phi) is 10.8. The van der Waals surface area contributed by atoms with E-state index in [-0.39, 0.29) is 12.6 Å². The van der Waals surface area contributed by atoms with Gasteiger partial charge in [0.1, 0.15) is 0 Å². The zero-order valence-electron chi connectivity index (χ0n) is 20.7. The Morgan fingerprint density at radius 2 is 2.09 bits per heavy atom. The molecule has 33 heavy (non-hydrogen) atoms. The normalized spacial score (nSPS) is 16.8. The maximum atomic E-state index is 9.56. The third kappa shape index (κ3) is 8.48. The molecule has 0 aliphatic carbocycles. The number of aryl methyl sites for hydroxylation is 3. The van der Waals surface area contributed by atoms with Gasteiger partial charge in [0, 0.05) is 30.2 Å². The molecule has 6 nitrogen and oxygen atoms in total. The zero-order chi connectivity index (χ0) is 24.2. The predicted molar refractivity (Wildman–Crippen MR) is 138 cm³/mol. The Balaban J connectivity index is 0.000000243. The molecule has 6 heteroatoms. The third-order valence-corrected chi connectivity index (χ3v) is 5.60. The lowest BCUT2D eigenvalue weighted by atomic mass is 10.0. The summed E-state index contributed by atoms with van der Waals surface area (Å²) in [5.74, 6) is 0.752. The minimum Gasteiger partial charge on any atom is -0.394 e. The van der Waals surface area contributed by atoms with E-state index in [4.69, 9.17) is 0 Å². The number of aliphatic hydroxyl groups is 1. The fraction of sp³-hybridized carbons (Fsp3) is 0.407. The van der Waals surface area contributed by atoms with Crippen LogP contribution in [-0.2, 0) is 0 Å². The summed E-state index contributed by atoms with van der Waals surface area (Å²) in [7, 11) is 0. The van der Waals surface area contributed by atoms with E-state index in [9.17, 15) is 5.11 Å². The number of aromatic nitrogens is 2. The van der Waals surface area contributed by atoms with Gasteiger partial charge in [-0.2, -0.15) is 0 Å². The van der Waals surface area contributed by atoms with Gasteiger partial charge < -0.3 is 21.1 Å². The van der Waals surface area contributed by atoms with E-state index in [1.165, 1.54) is 5.56 Å². The van der Waals surface area contributed by atoms with E-state index in [1.54, 1.807) is 0 Å². The SMILES string of the molecule is C=C(N[C@H](CO)c1cccc(C)c1)C(/C=C\C)=C/C.Cc1cnc(NC2CCNC2)nc1C. The van der Waals surface area contributed by atoms with Gasteiger partial charge in [-0.05, 0) is 64.3 Å². The van der Waals surface area contributed by atoms with Gasteiger partial charge in [0.15, 0.2) is 0 Å². The van der Waals surface area contributed by atoms with Gasteiger partial charge >= 0.3 is 0 Å². The maximum absolute atomic E-state index is 9.56. The molecule has 2 atom stereocenters. The molecule has 0 bridgehead atoms. The van der Waals surface area contributed by atoms with Gasteiger partial charge in [0.25, 0.3) is 0 Å². The predicted octanol–water partition coefficient (Wildman–Crippen LogP) is 4.52. The number of aliphatic hydroxyl groups excluding tert-OH is 1. The average molecular weight is 450 g/mol. The van der Waals surface area contributed by atoms with Gasteiger partial charge in [-0.25, -0.2) is 9.97 Å². The summed E-state index contributed by atoms with van der Waals surface area (Å²) >= 11 is 0. The summed E-state index contributed by atoms with van der Waals surface area (Å²) in [5.41, 5.74) is 6.30. The minimum atomic E-state index is -0.132. The molecule has 1 aromatic carbocycles. The van der Waals surface area contributed by atoms with Crippen LogP contribution in [0.25, 0.3) is 0 Å². The highest BCUT2D eigenvalue weighted by molar-refractivity contribution is 5.37. The lowest BCUT2D eigenvalue weighted by Gasteiger charge is -2.20. The van der Waals surface area contributed by atoms with Gasteiger partial charge in [-0.3, -0.25) is 0 Å². The molecule has 4 N–H and O–H groups in total. The van der Waals surface area contributed by atoms with Crippen LogP contribution >= 0.6 is 0 Å². The molecule has 0 saturated carbocycles. The van der Waals surface area contributed by atoms with Crippen LogP contribution < -0.4 is 16.0 Å². The van der Waals surface area contributed by atoms with Crippen molar-refractivity contribution in [1.29, 1.82) is 0 Å². The Hall–Kier alpha value is -2.96. The fourth-order valence-corrected chi connectivity index (χ4v) is 3.52. The van der Waals surface area contributed by atoms with E-state index in [0.717, 1.165) is 53.5 Å². The van der Waals surface area contributed by atoms with E-state index < -0.39 is 0 Å². The summed E-state index contributed by atoms with van der Waals surface area (Å²) < 4.78 is 0. The molecule has 1 saturated heterocycles. The first-order valence-corrected chi connectivity index (χ1v) is 11.6. The molecule has 178 valence electrons. The molecule has 0 radical (unpaired) electrons. The van der Waals surface area contributed by atoms with E-state index in [0.29, 0.717) is 6.04 Å². The zero-order valence-corrected chi connectivity index (χ0v) is 20.7. The largest absolute Gasteiger partial charge is 0.394 e. The molecular weight excluding hydrogens is 410 g/mol. The van der Waals surface area contributed by atoms with Crippen LogP contribution in [0.4, 0.5) is 5.95 Å². The average Bonchev–Trinajstić information content (AvgIpc) is 3.31. The van der Waals surface area contributed by atoms with Gasteiger partial charge in [-0.1, -0.05) is 54.6 Å². The van der Waals surface area contributed by atoms with E-state index >= 15 is 0 Å². The van der Waals surface area contributed by atoms with Crippen LogP contribution in [0.3, 0.4) is 0 Å². The molecule has 2 heterocycles. The maximum Gasteiger partial charge on any atom is 0.223 e. The number of allylic oxidation sites excluding steroid dienone is 3. The first-order chi connectivity index (χ1) is 15.9. The Labute approximate surface area is 199 Å². The number of rotatable bonds is 8. The van der Waals surface area contributed by atoms with Crippen molar-refractivity contribution in [2.45, 2.75) is 53.1 Å². The Morgan fingerprint density at radius 1 is 1.30 bits per heavy atom. The van der Waals surface area contributed by atoms with Crippen molar-refractivity contribution in [1.82, 2.24) is 20.6 Å². The molecular formula is C27H39N5O. The van der Waals surface area contributed by atoms with Crippen molar-refractivity contribution in [2.24, 2.45) is 0 Å². The second-order valence-corrected chi connectivity index (χ2v) is 8.31. The number of benzene rings is 1. The molecule has 1 aromatic heterocycles. The van der Waals surface area contributed by atoms with Crippen LogP contribution in [0.15, 0.2) is 66.5 Å². The molecule has 1 aliphatic heterocycles. The lowest BCUT2D eigenvalue weighted by Crippen LogP contribution is -2.24.